The summed E-state index contributed by atoms with van der Waals surface area (Å²) in [6.07, 6.45) is 4.47. The Morgan fingerprint density at radius 2 is 2.05 bits per heavy atom. The average molecular weight is 447 g/mol. The molecule has 106 valence electrons. The van der Waals surface area contributed by atoms with Crippen LogP contribution in [0.2, 0.25) is 0 Å². The molecule has 0 aliphatic carbocycles. The molecule has 0 fully saturated rings. The Kier molecular flexibility index (Phi) is 5.31. The van der Waals surface area contributed by atoms with Crippen molar-refractivity contribution in [2.45, 2.75) is 20.3 Å². The van der Waals surface area contributed by atoms with Crippen molar-refractivity contribution in [1.29, 1.82) is 0 Å². The van der Waals surface area contributed by atoms with Crippen molar-refractivity contribution in [3.8, 4) is 11.4 Å². The highest BCUT2D eigenvalue weighted by Crippen LogP contribution is 2.26. The number of hydrogen-bond donors (Lipinski definition) is 1. The van der Waals surface area contributed by atoms with Gasteiger partial charge in [0.05, 0.1) is 9.26 Å². The number of nitrogens with one attached hydrogen (secondary N) is 1. The molecule has 0 aromatic carbocycles. The quantitative estimate of drug-likeness (QED) is 0.717. The van der Waals surface area contributed by atoms with Crippen LogP contribution in [0, 0.1) is 9.49 Å². The van der Waals surface area contributed by atoms with Crippen LogP contribution in [0.5, 0.6) is 0 Å². The lowest BCUT2D eigenvalue weighted by Crippen LogP contribution is -2.08. The standard InChI is InChI=1S/C14H16BrIN4/c1-8(2)4-11-12(16)14(17-3)20-13(19-11)9-5-10(15)7-18-6-9/h5-8H,4H2,1-3H3,(H,17,19,20). The maximum atomic E-state index is 4.71. The maximum Gasteiger partial charge on any atom is 0.163 e. The van der Waals surface area contributed by atoms with Gasteiger partial charge in [-0.15, -0.1) is 0 Å². The highest BCUT2D eigenvalue weighted by molar-refractivity contribution is 14.1. The van der Waals surface area contributed by atoms with Gasteiger partial charge in [-0.25, -0.2) is 9.97 Å². The highest BCUT2D eigenvalue weighted by Gasteiger charge is 2.14. The Balaban J connectivity index is 2.53. The fraction of sp³-hybridized carbons (Fsp3) is 0.357. The predicted molar refractivity (Wildman–Crippen MR) is 93.8 cm³/mol. The van der Waals surface area contributed by atoms with Gasteiger partial charge in [0.1, 0.15) is 5.82 Å². The molecule has 2 rings (SSSR count). The molecule has 0 aliphatic rings. The molecule has 4 nitrogen and oxygen atoms in total. The fourth-order valence-electron chi connectivity index (χ4n) is 1.84. The molecule has 0 spiro atoms. The van der Waals surface area contributed by atoms with Gasteiger partial charge in [-0.2, -0.15) is 0 Å². The second-order valence-electron chi connectivity index (χ2n) is 4.90. The monoisotopic (exact) mass is 446 g/mol. The van der Waals surface area contributed by atoms with Gasteiger partial charge in [0.15, 0.2) is 5.82 Å². The lowest BCUT2D eigenvalue weighted by atomic mass is 10.1. The molecule has 2 aromatic heterocycles. The maximum absolute atomic E-state index is 4.71. The van der Waals surface area contributed by atoms with Crippen LogP contribution in [0.25, 0.3) is 11.4 Å². The first-order valence-electron chi connectivity index (χ1n) is 6.36. The van der Waals surface area contributed by atoms with Crippen molar-refractivity contribution in [3.05, 3.63) is 32.2 Å². The second kappa shape index (κ2) is 6.80. The Bertz CT molecular complexity index is 616. The summed E-state index contributed by atoms with van der Waals surface area (Å²) < 4.78 is 2.01. The van der Waals surface area contributed by atoms with Crippen LogP contribution in [-0.4, -0.2) is 22.0 Å². The smallest absolute Gasteiger partial charge is 0.163 e. The lowest BCUT2D eigenvalue weighted by Gasteiger charge is -2.12. The minimum absolute atomic E-state index is 0.552. The number of nitrogens with zero attached hydrogens (tertiary/aromatic N) is 3. The van der Waals surface area contributed by atoms with Crippen LogP contribution in [-0.2, 0) is 6.42 Å². The summed E-state index contributed by atoms with van der Waals surface area (Å²) in [6, 6.07) is 1.98. The topological polar surface area (TPSA) is 50.7 Å². The van der Waals surface area contributed by atoms with E-state index < -0.39 is 0 Å². The van der Waals surface area contributed by atoms with Gasteiger partial charge in [0.2, 0.25) is 0 Å². The molecule has 2 aromatic rings. The largest absolute Gasteiger partial charge is 0.372 e. The second-order valence-corrected chi connectivity index (χ2v) is 6.89. The highest BCUT2D eigenvalue weighted by atomic mass is 127. The van der Waals surface area contributed by atoms with Crippen LogP contribution in [0.4, 0.5) is 5.82 Å². The van der Waals surface area contributed by atoms with Crippen LogP contribution in [0.15, 0.2) is 22.9 Å². The Labute approximate surface area is 141 Å². The molecule has 1 N–H and O–H groups in total. The van der Waals surface area contributed by atoms with Gasteiger partial charge >= 0.3 is 0 Å². The molecule has 0 saturated carbocycles. The fourth-order valence-corrected chi connectivity index (χ4v) is 2.94. The van der Waals surface area contributed by atoms with Gasteiger partial charge < -0.3 is 5.32 Å². The van der Waals surface area contributed by atoms with Crippen molar-refractivity contribution in [2.75, 3.05) is 12.4 Å². The van der Waals surface area contributed by atoms with Crippen molar-refractivity contribution < 1.29 is 0 Å². The first-order valence-corrected chi connectivity index (χ1v) is 8.23. The van der Waals surface area contributed by atoms with E-state index in [9.17, 15) is 0 Å². The Morgan fingerprint density at radius 3 is 2.65 bits per heavy atom. The molecule has 0 bridgehead atoms. The van der Waals surface area contributed by atoms with Crippen LogP contribution in [0.1, 0.15) is 19.5 Å². The zero-order valence-electron chi connectivity index (χ0n) is 11.6. The van der Waals surface area contributed by atoms with Crippen LogP contribution in [0.3, 0.4) is 0 Å². The molecule has 0 saturated heterocycles. The molecule has 0 unspecified atom stereocenters. The van der Waals surface area contributed by atoms with Gasteiger partial charge in [0, 0.05) is 29.5 Å². The molecule has 0 aliphatic heterocycles. The van der Waals surface area contributed by atoms with Crippen molar-refractivity contribution in [1.82, 2.24) is 15.0 Å². The molecule has 6 heteroatoms. The number of aromatic nitrogens is 3. The summed E-state index contributed by atoms with van der Waals surface area (Å²) in [4.78, 5) is 13.5. The summed E-state index contributed by atoms with van der Waals surface area (Å²) in [6.45, 7) is 4.38. The van der Waals surface area contributed by atoms with E-state index in [1.807, 2.05) is 13.1 Å². The lowest BCUT2D eigenvalue weighted by molar-refractivity contribution is 0.632. The predicted octanol–water partition coefficient (Wildman–Crippen LogP) is 4.15. The molecular weight excluding hydrogens is 431 g/mol. The van der Waals surface area contributed by atoms with E-state index >= 15 is 0 Å². The number of rotatable bonds is 4. The van der Waals surface area contributed by atoms with Gasteiger partial charge in [-0.1, -0.05) is 13.8 Å². The summed E-state index contributed by atoms with van der Waals surface area (Å²) in [5.41, 5.74) is 1.99. The number of anilines is 1. The first kappa shape index (κ1) is 15.6. The summed E-state index contributed by atoms with van der Waals surface area (Å²) in [7, 11) is 1.88. The van der Waals surface area contributed by atoms with Gasteiger partial charge in [0.25, 0.3) is 0 Å². The molecule has 0 atom stereocenters. The Morgan fingerprint density at radius 1 is 1.30 bits per heavy atom. The van der Waals surface area contributed by atoms with Gasteiger partial charge in [-0.05, 0) is 56.9 Å². The first-order chi connectivity index (χ1) is 9.51. The van der Waals surface area contributed by atoms with E-state index in [0.717, 1.165) is 31.5 Å². The third kappa shape index (κ3) is 3.66. The third-order valence-corrected chi connectivity index (χ3v) is 4.29. The van der Waals surface area contributed by atoms with E-state index in [-0.39, 0.29) is 0 Å². The van der Waals surface area contributed by atoms with E-state index in [0.29, 0.717) is 11.7 Å². The molecule has 2 heterocycles. The summed E-state index contributed by atoms with van der Waals surface area (Å²) in [5, 5.41) is 3.14. The number of hydrogen-bond acceptors (Lipinski definition) is 4. The van der Waals surface area contributed by atoms with Crippen molar-refractivity contribution in [2.24, 2.45) is 5.92 Å². The minimum atomic E-state index is 0.552. The van der Waals surface area contributed by atoms with Crippen molar-refractivity contribution >= 4 is 44.3 Å². The summed E-state index contributed by atoms with van der Waals surface area (Å²) >= 11 is 5.74. The van der Waals surface area contributed by atoms with Crippen molar-refractivity contribution in [3.63, 3.8) is 0 Å². The van der Waals surface area contributed by atoms with E-state index in [1.54, 1.807) is 12.4 Å². The zero-order chi connectivity index (χ0) is 14.7. The number of pyridine rings is 1. The molecular formula is C14H16BrIN4. The summed E-state index contributed by atoms with van der Waals surface area (Å²) in [5.74, 6) is 2.13. The zero-order valence-corrected chi connectivity index (χ0v) is 15.4. The number of halogens is 2. The average Bonchev–Trinajstić information content (AvgIpc) is 2.40. The SMILES string of the molecule is CNc1nc(-c2cncc(Br)c2)nc(CC(C)C)c1I. The molecule has 0 amide bonds. The van der Waals surface area contributed by atoms with Crippen LogP contribution < -0.4 is 5.32 Å². The minimum Gasteiger partial charge on any atom is -0.372 e. The molecule has 0 radical (unpaired) electrons. The van der Waals surface area contributed by atoms with E-state index in [4.69, 9.17) is 4.98 Å². The van der Waals surface area contributed by atoms with E-state index in [1.165, 1.54) is 0 Å². The third-order valence-electron chi connectivity index (χ3n) is 2.72. The van der Waals surface area contributed by atoms with Gasteiger partial charge in [-0.3, -0.25) is 4.98 Å². The van der Waals surface area contributed by atoms with E-state index in [2.05, 4.69) is 67.7 Å². The molecule has 20 heavy (non-hydrogen) atoms. The Hall–Kier alpha value is -0.760. The normalized spacial score (nSPS) is 10.9. The van der Waals surface area contributed by atoms with Crippen LogP contribution >= 0.6 is 38.5 Å².